The molecule has 1 amide bonds. The van der Waals surface area contributed by atoms with Crippen LogP contribution >= 0.6 is 12.2 Å². The largest absolute Gasteiger partial charge is 0.491 e. The third-order valence-electron chi connectivity index (χ3n) is 7.52. The van der Waals surface area contributed by atoms with Crippen LogP contribution in [0.2, 0.25) is 0 Å². The van der Waals surface area contributed by atoms with E-state index in [-0.39, 0.29) is 17.4 Å². The number of nitrogens with zero attached hydrogens (tertiary/aromatic N) is 3. The Morgan fingerprint density at radius 3 is 1.78 bits per heavy atom. The number of aliphatic hydroxyl groups is 1. The van der Waals surface area contributed by atoms with Crippen LogP contribution in [0.25, 0.3) is 11.1 Å². The van der Waals surface area contributed by atoms with Gasteiger partial charge in [0.05, 0.1) is 82.3 Å². The van der Waals surface area contributed by atoms with Gasteiger partial charge in [0.15, 0.2) is 5.11 Å². The molecule has 1 aliphatic rings. The summed E-state index contributed by atoms with van der Waals surface area (Å²) in [5, 5.41) is 17.8. The van der Waals surface area contributed by atoms with Crippen LogP contribution in [0.3, 0.4) is 0 Å². The van der Waals surface area contributed by atoms with Crippen molar-refractivity contribution in [3.63, 3.8) is 0 Å². The zero-order valence-electron chi connectivity index (χ0n) is 27.2. The summed E-state index contributed by atoms with van der Waals surface area (Å²) >= 11 is 5.63. The molecule has 0 spiro atoms. The summed E-state index contributed by atoms with van der Waals surface area (Å²) < 4.78 is 68.1. The van der Waals surface area contributed by atoms with Gasteiger partial charge in [0.2, 0.25) is 0 Å². The molecule has 3 aromatic rings. The number of carbonyl (C=O) groups excluding carboxylic acids is 1. The first-order valence-electron chi connectivity index (χ1n) is 15.5. The number of hydrogen-bond donors (Lipinski definition) is 1. The topological polar surface area (TPSA) is 114 Å². The van der Waals surface area contributed by atoms with Crippen LogP contribution < -0.4 is 14.5 Å². The Morgan fingerprint density at radius 1 is 0.776 bits per heavy atom. The number of amides is 1. The molecule has 0 saturated carbocycles. The summed E-state index contributed by atoms with van der Waals surface area (Å²) in [4.78, 5) is 16.2. The van der Waals surface area contributed by atoms with Crippen molar-refractivity contribution < 1.29 is 46.8 Å². The molecule has 1 N–H and O–H groups in total. The maximum absolute atomic E-state index is 13.6. The fourth-order valence-corrected chi connectivity index (χ4v) is 5.57. The van der Waals surface area contributed by atoms with Gasteiger partial charge in [0.25, 0.3) is 5.91 Å². The molecule has 0 aliphatic carbocycles. The summed E-state index contributed by atoms with van der Waals surface area (Å²) in [5.41, 5.74) is -0.507. The van der Waals surface area contributed by atoms with Gasteiger partial charge in [-0.1, -0.05) is 24.3 Å². The van der Waals surface area contributed by atoms with Crippen molar-refractivity contribution in [1.82, 2.24) is 0 Å². The molecule has 3 aromatic carbocycles. The summed E-state index contributed by atoms with van der Waals surface area (Å²) in [6.07, 6.45) is -4.78. The van der Waals surface area contributed by atoms with Crippen molar-refractivity contribution in [2.75, 3.05) is 75.9 Å². The molecule has 4 rings (SSSR count). The Morgan fingerprint density at radius 2 is 1.27 bits per heavy atom. The molecule has 262 valence electrons. The van der Waals surface area contributed by atoms with E-state index in [1.165, 1.54) is 6.07 Å². The minimum absolute atomic E-state index is 0.00485. The second kappa shape index (κ2) is 17.5. The first kappa shape index (κ1) is 37.7. The summed E-state index contributed by atoms with van der Waals surface area (Å²) in [6.45, 7) is 7.02. The molecule has 1 fully saturated rings. The third kappa shape index (κ3) is 9.75. The van der Waals surface area contributed by atoms with Gasteiger partial charge in [-0.3, -0.25) is 9.69 Å². The number of hydrogen-bond acceptors (Lipinski definition) is 9. The first-order chi connectivity index (χ1) is 23.5. The fraction of sp³-hybridized carbons (Fsp3) is 0.400. The number of benzene rings is 3. The maximum atomic E-state index is 13.6. The van der Waals surface area contributed by atoms with E-state index in [2.05, 4.69) is 0 Å². The van der Waals surface area contributed by atoms with Crippen molar-refractivity contribution >= 4 is 34.6 Å². The van der Waals surface area contributed by atoms with Crippen LogP contribution in [0.4, 0.5) is 24.5 Å². The van der Waals surface area contributed by atoms with Crippen LogP contribution in [-0.4, -0.2) is 87.7 Å². The van der Waals surface area contributed by atoms with Crippen molar-refractivity contribution in [2.45, 2.75) is 25.6 Å². The third-order valence-corrected chi connectivity index (χ3v) is 7.88. The molecular weight excluding hydrogens is 663 g/mol. The molecule has 10 nitrogen and oxygen atoms in total. The monoisotopic (exact) mass is 701 g/mol. The number of carbonyl (C=O) groups is 1. The second-order valence-electron chi connectivity index (χ2n) is 11.2. The number of alkyl halides is 3. The van der Waals surface area contributed by atoms with Crippen LogP contribution in [0.5, 0.6) is 5.75 Å². The fourth-order valence-electron chi connectivity index (χ4n) is 5.05. The Bertz CT molecular complexity index is 1600. The van der Waals surface area contributed by atoms with Gasteiger partial charge in [0, 0.05) is 5.69 Å². The Balaban J connectivity index is 1.26. The van der Waals surface area contributed by atoms with Gasteiger partial charge in [0.1, 0.15) is 17.9 Å². The maximum Gasteiger partial charge on any atom is 0.417 e. The van der Waals surface area contributed by atoms with Gasteiger partial charge >= 0.3 is 6.18 Å². The molecule has 0 unspecified atom stereocenters. The number of halogens is 3. The number of thiocarbonyl (C=S) groups is 1. The van der Waals surface area contributed by atoms with Gasteiger partial charge < -0.3 is 33.7 Å². The second-order valence-corrected chi connectivity index (χ2v) is 11.6. The lowest BCUT2D eigenvalue weighted by Crippen LogP contribution is -2.44. The zero-order valence-corrected chi connectivity index (χ0v) is 28.0. The van der Waals surface area contributed by atoms with Crippen molar-refractivity contribution in [1.29, 1.82) is 5.26 Å². The normalized spacial score (nSPS) is 14.4. The van der Waals surface area contributed by atoms with Gasteiger partial charge in [-0.2, -0.15) is 18.4 Å². The van der Waals surface area contributed by atoms with E-state index >= 15 is 0 Å². The molecule has 0 bridgehead atoms. The van der Waals surface area contributed by atoms with Crippen LogP contribution in [0.15, 0.2) is 66.7 Å². The Hall–Kier alpha value is -4.10. The standard InChI is InChI=1S/C35H38F3N3O7S/c1-34(2)32(43)40(29-10-5-27(24-39)31(23-29)35(36,37)38)33(49)41(34)28-8-3-25(4-9-28)26-6-11-30(12-7-26)48-22-21-47-20-19-46-18-17-45-16-15-44-14-13-42/h3-12,23,42H,13-22H2,1-2H3. The first-order valence-corrected chi connectivity index (χ1v) is 15.9. The van der Waals surface area contributed by atoms with E-state index in [1.807, 2.05) is 36.4 Å². The van der Waals surface area contributed by atoms with E-state index in [4.69, 9.17) is 46.3 Å². The summed E-state index contributed by atoms with van der Waals surface area (Å²) in [5.74, 6) is 0.188. The summed E-state index contributed by atoms with van der Waals surface area (Å²) in [6, 6.07) is 19.5. The molecule has 0 radical (unpaired) electrons. The van der Waals surface area contributed by atoms with Crippen LogP contribution in [0, 0.1) is 11.3 Å². The SMILES string of the molecule is CC1(C)C(=O)N(c2ccc(C#N)c(C(F)(F)F)c2)C(=S)N1c1ccc(-c2ccc(OCCOCCOCCOCCOCCO)cc2)cc1. The minimum Gasteiger partial charge on any atom is -0.491 e. The van der Waals surface area contributed by atoms with Gasteiger partial charge in [-0.15, -0.1) is 0 Å². The summed E-state index contributed by atoms with van der Waals surface area (Å²) in [7, 11) is 0. The lowest BCUT2D eigenvalue weighted by atomic mass is 10.0. The molecular formula is C35H38F3N3O7S. The van der Waals surface area contributed by atoms with E-state index in [1.54, 1.807) is 36.9 Å². The number of ether oxygens (including phenoxy) is 5. The van der Waals surface area contributed by atoms with E-state index < -0.39 is 28.7 Å². The highest BCUT2D eigenvalue weighted by molar-refractivity contribution is 7.81. The van der Waals surface area contributed by atoms with Crippen molar-refractivity contribution in [3.05, 3.63) is 77.9 Å². The molecule has 1 heterocycles. The predicted molar refractivity (Wildman–Crippen MR) is 181 cm³/mol. The lowest BCUT2D eigenvalue weighted by Gasteiger charge is -2.29. The highest BCUT2D eigenvalue weighted by atomic mass is 32.1. The Labute approximate surface area is 288 Å². The quantitative estimate of drug-likeness (QED) is 0.133. The molecule has 14 heteroatoms. The molecule has 1 aliphatic heterocycles. The van der Waals surface area contributed by atoms with E-state index in [0.717, 1.165) is 28.2 Å². The smallest absolute Gasteiger partial charge is 0.417 e. The van der Waals surface area contributed by atoms with Gasteiger partial charge in [-0.25, -0.2) is 0 Å². The van der Waals surface area contributed by atoms with Gasteiger partial charge in [-0.05, 0) is 79.7 Å². The Kier molecular flexibility index (Phi) is 13.5. The average molecular weight is 702 g/mol. The van der Waals surface area contributed by atoms with Crippen molar-refractivity contribution in [2.24, 2.45) is 0 Å². The average Bonchev–Trinajstić information content (AvgIpc) is 3.26. The lowest BCUT2D eigenvalue weighted by molar-refractivity contribution is -0.137. The number of rotatable bonds is 18. The zero-order chi connectivity index (χ0) is 35.4. The molecule has 0 atom stereocenters. The van der Waals surface area contributed by atoms with Crippen LogP contribution in [-0.2, 0) is 29.9 Å². The number of aliphatic hydroxyl groups excluding tert-OH is 1. The molecule has 1 saturated heterocycles. The van der Waals surface area contributed by atoms with Crippen LogP contribution in [0.1, 0.15) is 25.0 Å². The number of nitriles is 1. The van der Waals surface area contributed by atoms with E-state index in [0.29, 0.717) is 70.9 Å². The molecule has 0 aromatic heterocycles. The highest BCUT2D eigenvalue weighted by Crippen LogP contribution is 2.40. The molecule has 49 heavy (non-hydrogen) atoms. The predicted octanol–water partition coefficient (Wildman–Crippen LogP) is 5.60. The van der Waals surface area contributed by atoms with Crippen molar-refractivity contribution in [3.8, 4) is 22.9 Å². The highest BCUT2D eigenvalue weighted by Gasteiger charge is 2.50. The number of anilines is 2. The minimum atomic E-state index is -4.78. The van der Waals surface area contributed by atoms with E-state index in [9.17, 15) is 18.0 Å².